The number of rotatable bonds is 20. The van der Waals surface area contributed by atoms with E-state index in [-0.39, 0.29) is 0 Å². The first-order valence-electron chi connectivity index (χ1n) is 15.7. The van der Waals surface area contributed by atoms with Gasteiger partial charge in [-0.25, -0.2) is 14.4 Å². The van der Waals surface area contributed by atoms with Crippen molar-refractivity contribution in [2.45, 2.75) is 71.6 Å². The van der Waals surface area contributed by atoms with Crippen molar-refractivity contribution in [2.75, 3.05) is 19.8 Å². The van der Waals surface area contributed by atoms with Crippen LogP contribution >= 0.6 is 0 Å². The molecule has 3 rings (SSSR count). The van der Waals surface area contributed by atoms with Crippen LogP contribution in [0.15, 0.2) is 79.4 Å². The Morgan fingerprint density at radius 3 is 1.62 bits per heavy atom. The van der Waals surface area contributed by atoms with Crippen LogP contribution in [-0.4, -0.2) is 37.7 Å². The van der Waals surface area contributed by atoms with Crippen molar-refractivity contribution >= 4 is 17.9 Å². The maximum absolute atomic E-state index is 12.7. The lowest BCUT2D eigenvalue weighted by Gasteiger charge is -2.11. The number of carbonyl (C=O) groups is 3. The molecule has 0 radical (unpaired) electrons. The second kappa shape index (κ2) is 19.6. The van der Waals surface area contributed by atoms with E-state index in [1.165, 1.54) is 19.3 Å². The average Bonchev–Trinajstić information content (AvgIpc) is 3.05. The van der Waals surface area contributed by atoms with E-state index in [1.54, 1.807) is 73.7 Å². The van der Waals surface area contributed by atoms with Gasteiger partial charge < -0.3 is 23.7 Å². The van der Waals surface area contributed by atoms with E-state index in [2.05, 4.69) is 13.5 Å². The normalized spacial score (nSPS) is 10.5. The fraction of sp³-hybridized carbons (Fsp3) is 0.378. The molecule has 3 aromatic carbocycles. The first-order chi connectivity index (χ1) is 21.9. The fourth-order valence-electron chi connectivity index (χ4n) is 4.37. The van der Waals surface area contributed by atoms with E-state index in [0.29, 0.717) is 53.8 Å². The van der Waals surface area contributed by atoms with Crippen molar-refractivity contribution in [3.63, 3.8) is 0 Å². The van der Waals surface area contributed by atoms with Crippen molar-refractivity contribution in [1.29, 1.82) is 0 Å². The smallest absolute Gasteiger partial charge is 0.343 e. The maximum Gasteiger partial charge on any atom is 0.343 e. The molecule has 0 amide bonds. The highest BCUT2D eigenvalue weighted by Gasteiger charge is 2.14. The Morgan fingerprint density at radius 1 is 0.622 bits per heavy atom. The summed E-state index contributed by atoms with van der Waals surface area (Å²) in [6.45, 7) is 8.93. The average molecular weight is 617 g/mol. The molecule has 240 valence electrons. The molecule has 0 fully saturated rings. The number of hydrogen-bond acceptors (Lipinski definition) is 8. The molecule has 0 aromatic heterocycles. The Morgan fingerprint density at radius 2 is 1.11 bits per heavy atom. The lowest BCUT2D eigenvalue weighted by atomic mass is 10.2. The molecule has 45 heavy (non-hydrogen) atoms. The summed E-state index contributed by atoms with van der Waals surface area (Å²) in [5.41, 5.74) is 1.45. The van der Waals surface area contributed by atoms with Crippen LogP contribution in [0.2, 0.25) is 0 Å². The molecule has 0 aliphatic heterocycles. The van der Waals surface area contributed by atoms with Gasteiger partial charge in [0.05, 0.1) is 30.9 Å². The number of hydrogen-bond donors (Lipinski definition) is 0. The van der Waals surface area contributed by atoms with Crippen molar-refractivity contribution in [3.8, 4) is 23.0 Å². The molecule has 8 nitrogen and oxygen atoms in total. The number of unbranched alkanes of at least 4 members (excludes halogenated alkanes) is 7. The van der Waals surface area contributed by atoms with Gasteiger partial charge in [-0.1, -0.05) is 39.2 Å². The van der Waals surface area contributed by atoms with Crippen LogP contribution in [0.4, 0.5) is 0 Å². The Balaban J connectivity index is 1.39. The molecule has 0 atom stereocenters. The van der Waals surface area contributed by atoms with E-state index in [0.717, 1.165) is 50.4 Å². The molecule has 0 bridgehead atoms. The van der Waals surface area contributed by atoms with Crippen molar-refractivity contribution in [2.24, 2.45) is 0 Å². The molecule has 0 unspecified atom stereocenters. The molecular formula is C37H44O8. The van der Waals surface area contributed by atoms with Crippen molar-refractivity contribution < 1.29 is 38.1 Å². The van der Waals surface area contributed by atoms with E-state index >= 15 is 0 Å². The summed E-state index contributed by atoms with van der Waals surface area (Å²) >= 11 is 0. The molecule has 8 heteroatoms. The summed E-state index contributed by atoms with van der Waals surface area (Å²) in [6.07, 6.45) is 10.6. The number of ether oxygens (including phenoxy) is 5. The van der Waals surface area contributed by atoms with Gasteiger partial charge in [-0.05, 0) is 111 Å². The Labute approximate surface area is 266 Å². The third-order valence-corrected chi connectivity index (χ3v) is 6.97. The number of esters is 3. The zero-order chi connectivity index (χ0) is 32.3. The van der Waals surface area contributed by atoms with Gasteiger partial charge in [0.1, 0.15) is 23.0 Å². The molecule has 0 saturated heterocycles. The number of benzene rings is 3. The minimum atomic E-state index is -0.508. The first kappa shape index (κ1) is 34.9. The highest BCUT2D eigenvalue weighted by atomic mass is 16.5. The topological polar surface area (TPSA) is 97.4 Å². The second-order valence-electron chi connectivity index (χ2n) is 10.7. The lowest BCUT2D eigenvalue weighted by molar-refractivity contribution is -0.137. The quantitative estimate of drug-likeness (QED) is 0.0540. The summed E-state index contributed by atoms with van der Waals surface area (Å²) in [6, 6.07) is 18.5. The molecule has 3 aromatic rings. The van der Waals surface area contributed by atoms with Crippen molar-refractivity contribution in [1.82, 2.24) is 0 Å². The molecule has 0 N–H and O–H groups in total. The van der Waals surface area contributed by atoms with Gasteiger partial charge >= 0.3 is 17.9 Å². The Hall–Kier alpha value is -4.59. The molecule has 0 aliphatic carbocycles. The minimum Gasteiger partial charge on any atom is -0.494 e. The van der Waals surface area contributed by atoms with Crippen LogP contribution < -0.4 is 18.9 Å². The highest BCUT2D eigenvalue weighted by molar-refractivity contribution is 5.92. The van der Waals surface area contributed by atoms with E-state index < -0.39 is 17.9 Å². The summed E-state index contributed by atoms with van der Waals surface area (Å²) in [5.74, 6) is 0.713. The second-order valence-corrected chi connectivity index (χ2v) is 10.7. The zero-order valence-electron chi connectivity index (χ0n) is 26.4. The number of carbonyl (C=O) groups excluding carboxylic acids is 3. The van der Waals surface area contributed by atoms with Gasteiger partial charge in [-0.15, -0.1) is 0 Å². The molecule has 0 saturated carbocycles. The molecule has 0 spiro atoms. The zero-order valence-corrected chi connectivity index (χ0v) is 26.4. The van der Waals surface area contributed by atoms with Gasteiger partial charge in [-0.2, -0.15) is 0 Å². The van der Waals surface area contributed by atoms with Crippen LogP contribution in [0.5, 0.6) is 23.0 Å². The first-order valence-corrected chi connectivity index (χ1v) is 15.7. The molecule has 0 heterocycles. The monoisotopic (exact) mass is 616 g/mol. The summed E-state index contributed by atoms with van der Waals surface area (Å²) in [7, 11) is 0. The fourth-order valence-corrected chi connectivity index (χ4v) is 4.37. The number of aryl methyl sites for hydroxylation is 1. The maximum atomic E-state index is 12.7. The van der Waals surface area contributed by atoms with Crippen molar-refractivity contribution in [3.05, 3.63) is 96.1 Å². The van der Waals surface area contributed by atoms with Crippen LogP contribution in [0.25, 0.3) is 0 Å². The standard InChI is InChI=1S/C37H44O8/c1-4-6-7-8-11-24-41-32-20-16-30(17-21-32)37(40)45-34-23-22-33(27-28(34)3)44-36(39)29-14-18-31(19-15-29)42-25-12-9-10-13-26-43-35(38)5-2/h5,14-23,27H,2,4,6-13,24-26H2,1,3H3. The largest absolute Gasteiger partial charge is 0.494 e. The SMILES string of the molecule is C=CC(=O)OCCCCCCOc1ccc(C(=O)Oc2ccc(OC(=O)c3ccc(OCCCCCCC)cc3)c(C)c2)cc1. The Kier molecular flexibility index (Phi) is 15.2. The third kappa shape index (κ3) is 12.9. The third-order valence-electron chi connectivity index (χ3n) is 6.97. The van der Waals surface area contributed by atoms with Gasteiger partial charge in [0, 0.05) is 6.08 Å². The van der Waals surface area contributed by atoms with Gasteiger partial charge in [0.25, 0.3) is 0 Å². The summed E-state index contributed by atoms with van der Waals surface area (Å²) in [5, 5.41) is 0. The van der Waals surface area contributed by atoms with Gasteiger partial charge in [0.15, 0.2) is 0 Å². The van der Waals surface area contributed by atoms with E-state index in [1.807, 2.05) is 0 Å². The summed E-state index contributed by atoms with van der Waals surface area (Å²) in [4.78, 5) is 36.4. The summed E-state index contributed by atoms with van der Waals surface area (Å²) < 4.78 is 27.6. The van der Waals surface area contributed by atoms with Crippen LogP contribution in [-0.2, 0) is 9.53 Å². The Bertz CT molecular complexity index is 1360. The van der Waals surface area contributed by atoms with Crippen LogP contribution in [0, 0.1) is 6.92 Å². The lowest BCUT2D eigenvalue weighted by Crippen LogP contribution is -2.10. The van der Waals surface area contributed by atoms with E-state index in [4.69, 9.17) is 23.7 Å². The highest BCUT2D eigenvalue weighted by Crippen LogP contribution is 2.26. The van der Waals surface area contributed by atoms with Gasteiger partial charge in [-0.3, -0.25) is 0 Å². The van der Waals surface area contributed by atoms with Gasteiger partial charge in [0.2, 0.25) is 0 Å². The predicted molar refractivity (Wildman–Crippen MR) is 173 cm³/mol. The molecular weight excluding hydrogens is 572 g/mol. The van der Waals surface area contributed by atoms with Crippen LogP contribution in [0.1, 0.15) is 91.0 Å². The molecule has 0 aliphatic rings. The predicted octanol–water partition coefficient (Wildman–Crippen LogP) is 8.45. The minimum absolute atomic E-state index is 0.341. The van der Waals surface area contributed by atoms with E-state index in [9.17, 15) is 14.4 Å². The van der Waals surface area contributed by atoms with Crippen LogP contribution in [0.3, 0.4) is 0 Å².